The van der Waals surface area contributed by atoms with E-state index in [9.17, 15) is 4.79 Å². The number of amides is 1. The molecule has 16 heavy (non-hydrogen) atoms. The van der Waals surface area contributed by atoms with E-state index in [0.717, 1.165) is 19.3 Å². The molecule has 0 saturated carbocycles. The summed E-state index contributed by atoms with van der Waals surface area (Å²) in [5.41, 5.74) is 5.54. The van der Waals surface area contributed by atoms with Crippen LogP contribution in [0.4, 0.5) is 0 Å². The molecule has 4 unspecified atom stereocenters. The maximum Gasteiger partial charge on any atom is 0.230 e. The van der Waals surface area contributed by atoms with Gasteiger partial charge in [-0.15, -0.1) is 0 Å². The zero-order valence-corrected chi connectivity index (χ0v) is 10.3. The van der Waals surface area contributed by atoms with E-state index in [1.807, 2.05) is 6.92 Å². The molecule has 2 aliphatic heterocycles. The number of carbonyl (C=O) groups excluding carboxylic acids is 1. The minimum atomic E-state index is -0.339. The molecule has 0 spiro atoms. The molecular weight excluding hydrogens is 224 g/mol. The molecule has 2 aliphatic rings. The van der Waals surface area contributed by atoms with E-state index in [1.165, 1.54) is 0 Å². The summed E-state index contributed by atoms with van der Waals surface area (Å²) >= 11 is 4.89. The second-order valence-electron chi connectivity index (χ2n) is 4.59. The van der Waals surface area contributed by atoms with Crippen LogP contribution in [0.5, 0.6) is 0 Å². The zero-order valence-electron chi connectivity index (χ0n) is 9.44. The van der Waals surface area contributed by atoms with Crippen molar-refractivity contribution in [1.29, 1.82) is 0 Å². The molecule has 2 fully saturated rings. The van der Waals surface area contributed by atoms with Crippen LogP contribution in [0.3, 0.4) is 0 Å². The van der Waals surface area contributed by atoms with E-state index in [4.69, 9.17) is 22.7 Å². The molecule has 2 saturated heterocycles. The number of fused-ring (bicyclic) bond motifs is 2. The molecule has 0 aliphatic carbocycles. The van der Waals surface area contributed by atoms with Crippen LogP contribution in [-0.2, 0) is 9.53 Å². The van der Waals surface area contributed by atoms with Crippen molar-refractivity contribution in [2.24, 2.45) is 11.7 Å². The Bertz CT molecular complexity index is 308. The first-order valence-electron chi connectivity index (χ1n) is 5.87. The van der Waals surface area contributed by atoms with Gasteiger partial charge in [0, 0.05) is 0 Å². The molecule has 0 aromatic rings. The van der Waals surface area contributed by atoms with Crippen molar-refractivity contribution in [2.45, 2.75) is 50.9 Å². The minimum absolute atomic E-state index is 0.0452. The van der Waals surface area contributed by atoms with E-state index in [1.54, 1.807) is 0 Å². The molecule has 4 atom stereocenters. The first kappa shape index (κ1) is 11.8. The Labute approximate surface area is 101 Å². The van der Waals surface area contributed by atoms with Crippen molar-refractivity contribution < 1.29 is 9.53 Å². The van der Waals surface area contributed by atoms with Crippen LogP contribution in [0.25, 0.3) is 0 Å². The van der Waals surface area contributed by atoms with Gasteiger partial charge in [0.05, 0.1) is 29.2 Å². The SMILES string of the molecule is CCC(C(=O)NC1CC2CCC1O2)C(N)=S. The maximum absolute atomic E-state index is 11.9. The number of rotatable bonds is 4. The highest BCUT2D eigenvalue weighted by atomic mass is 32.1. The first-order valence-corrected chi connectivity index (χ1v) is 6.27. The number of nitrogens with two attached hydrogens (primary N) is 1. The Kier molecular flexibility index (Phi) is 3.44. The van der Waals surface area contributed by atoms with Gasteiger partial charge in [0.1, 0.15) is 0 Å². The second-order valence-corrected chi connectivity index (χ2v) is 5.06. The van der Waals surface area contributed by atoms with Crippen molar-refractivity contribution in [3.8, 4) is 0 Å². The van der Waals surface area contributed by atoms with Gasteiger partial charge in [-0.1, -0.05) is 19.1 Å². The number of hydrogen-bond acceptors (Lipinski definition) is 3. The van der Waals surface area contributed by atoms with Gasteiger partial charge in [0.2, 0.25) is 5.91 Å². The smallest absolute Gasteiger partial charge is 0.230 e. The van der Waals surface area contributed by atoms with Crippen LogP contribution in [0, 0.1) is 5.92 Å². The van der Waals surface area contributed by atoms with Gasteiger partial charge in [-0.05, 0) is 25.7 Å². The van der Waals surface area contributed by atoms with Gasteiger partial charge in [-0.2, -0.15) is 0 Å². The maximum atomic E-state index is 11.9. The van der Waals surface area contributed by atoms with Crippen LogP contribution in [0.15, 0.2) is 0 Å². The van der Waals surface area contributed by atoms with E-state index in [0.29, 0.717) is 12.5 Å². The highest BCUT2D eigenvalue weighted by Gasteiger charge is 2.41. The molecule has 1 amide bonds. The fourth-order valence-electron chi connectivity index (χ4n) is 2.59. The number of nitrogens with one attached hydrogen (secondary N) is 1. The summed E-state index contributed by atoms with van der Waals surface area (Å²) in [7, 11) is 0. The molecule has 2 heterocycles. The topological polar surface area (TPSA) is 64.3 Å². The third kappa shape index (κ3) is 2.20. The van der Waals surface area contributed by atoms with Gasteiger partial charge in [-0.25, -0.2) is 0 Å². The van der Waals surface area contributed by atoms with Gasteiger partial charge in [0.25, 0.3) is 0 Å². The van der Waals surface area contributed by atoms with Gasteiger partial charge < -0.3 is 15.8 Å². The third-order valence-corrected chi connectivity index (χ3v) is 3.79. The summed E-state index contributed by atoms with van der Waals surface area (Å²) in [6.07, 6.45) is 4.33. The zero-order chi connectivity index (χ0) is 11.7. The van der Waals surface area contributed by atoms with Gasteiger partial charge in [0.15, 0.2) is 0 Å². The van der Waals surface area contributed by atoms with E-state index < -0.39 is 0 Å². The van der Waals surface area contributed by atoms with Crippen LogP contribution >= 0.6 is 12.2 Å². The largest absolute Gasteiger partial charge is 0.393 e. The van der Waals surface area contributed by atoms with Crippen LogP contribution < -0.4 is 11.1 Å². The Morgan fingerprint density at radius 2 is 2.38 bits per heavy atom. The van der Waals surface area contributed by atoms with Crippen LogP contribution in [-0.4, -0.2) is 29.1 Å². The summed E-state index contributed by atoms with van der Waals surface area (Å²) < 4.78 is 5.68. The van der Waals surface area contributed by atoms with E-state index >= 15 is 0 Å². The molecule has 4 nitrogen and oxygen atoms in total. The molecule has 0 aromatic heterocycles. The quantitative estimate of drug-likeness (QED) is 0.714. The summed E-state index contributed by atoms with van der Waals surface area (Å²) in [5.74, 6) is -0.384. The molecule has 0 radical (unpaired) electrons. The highest BCUT2D eigenvalue weighted by molar-refractivity contribution is 7.80. The Balaban J connectivity index is 1.89. The molecule has 2 rings (SSSR count). The lowest BCUT2D eigenvalue weighted by molar-refractivity contribution is -0.124. The number of hydrogen-bond donors (Lipinski definition) is 2. The van der Waals surface area contributed by atoms with Gasteiger partial charge >= 0.3 is 0 Å². The lowest BCUT2D eigenvalue weighted by Gasteiger charge is -2.22. The summed E-state index contributed by atoms with van der Waals surface area (Å²) in [6, 6.07) is 0.162. The number of thiocarbonyl (C=S) groups is 1. The predicted molar refractivity (Wildman–Crippen MR) is 65.0 cm³/mol. The number of carbonyl (C=O) groups is 1. The predicted octanol–water partition coefficient (Wildman–Crippen LogP) is 0.735. The van der Waals surface area contributed by atoms with Crippen molar-refractivity contribution in [3.63, 3.8) is 0 Å². The minimum Gasteiger partial charge on any atom is -0.393 e. The number of ether oxygens (including phenoxy) is 1. The van der Waals surface area contributed by atoms with Crippen molar-refractivity contribution >= 4 is 23.1 Å². The lowest BCUT2D eigenvalue weighted by Crippen LogP contribution is -2.46. The monoisotopic (exact) mass is 242 g/mol. The highest BCUT2D eigenvalue weighted by Crippen LogP contribution is 2.34. The second kappa shape index (κ2) is 4.67. The van der Waals surface area contributed by atoms with Gasteiger partial charge in [-0.3, -0.25) is 4.79 Å². The third-order valence-electron chi connectivity index (χ3n) is 3.50. The Hall–Kier alpha value is -0.680. The van der Waals surface area contributed by atoms with Crippen LogP contribution in [0.2, 0.25) is 0 Å². The average Bonchev–Trinajstić information content (AvgIpc) is 2.79. The molecule has 3 N–H and O–H groups in total. The van der Waals surface area contributed by atoms with Crippen molar-refractivity contribution in [1.82, 2.24) is 5.32 Å². The summed E-state index contributed by atoms with van der Waals surface area (Å²) in [6.45, 7) is 1.92. The Morgan fingerprint density at radius 3 is 2.81 bits per heavy atom. The summed E-state index contributed by atoms with van der Waals surface area (Å²) in [5, 5.41) is 3.01. The van der Waals surface area contributed by atoms with Crippen molar-refractivity contribution in [2.75, 3.05) is 0 Å². The molecule has 2 bridgehead atoms. The van der Waals surface area contributed by atoms with Crippen LogP contribution in [0.1, 0.15) is 32.6 Å². The van der Waals surface area contributed by atoms with E-state index in [-0.39, 0.29) is 29.0 Å². The lowest BCUT2D eigenvalue weighted by atomic mass is 9.94. The molecular formula is C11H18N2O2S. The first-order chi connectivity index (χ1) is 7.61. The fourth-order valence-corrected chi connectivity index (χ4v) is 2.86. The Morgan fingerprint density at radius 1 is 1.62 bits per heavy atom. The average molecular weight is 242 g/mol. The fraction of sp³-hybridized carbons (Fsp3) is 0.818. The van der Waals surface area contributed by atoms with Crippen molar-refractivity contribution in [3.05, 3.63) is 0 Å². The molecule has 5 heteroatoms. The summed E-state index contributed by atoms with van der Waals surface area (Å²) in [4.78, 5) is 12.2. The van der Waals surface area contributed by atoms with E-state index in [2.05, 4.69) is 5.32 Å². The standard InChI is InChI=1S/C11H18N2O2S/c1-2-7(10(12)16)11(14)13-8-5-6-3-4-9(8)15-6/h6-9H,2-5H2,1H3,(H2,12,16)(H,13,14). The molecule has 90 valence electrons. The normalized spacial score (nSPS) is 33.7. The molecule has 0 aromatic carbocycles.